The van der Waals surface area contributed by atoms with Crippen LogP contribution >= 0.6 is 11.6 Å². The van der Waals surface area contributed by atoms with Crippen molar-refractivity contribution in [3.05, 3.63) is 89.4 Å². The summed E-state index contributed by atoms with van der Waals surface area (Å²) in [5.41, 5.74) is 7.10. The van der Waals surface area contributed by atoms with Crippen LogP contribution in [0.25, 0.3) is 33.6 Å². The summed E-state index contributed by atoms with van der Waals surface area (Å²) < 4.78 is 6.13. The quantitative estimate of drug-likeness (QED) is 0.242. The van der Waals surface area contributed by atoms with Crippen LogP contribution in [0, 0.1) is 0 Å². The zero-order valence-electron chi connectivity index (χ0n) is 23.4. The number of carbonyl (C=O) groups is 1. The first-order chi connectivity index (χ1) is 20.0. The largest absolute Gasteiger partial charge is 0.494 e. The monoisotopic (exact) mass is 566 g/mol. The third-order valence-corrected chi connectivity index (χ3v) is 8.16. The van der Waals surface area contributed by atoms with Crippen LogP contribution in [0.15, 0.2) is 78.9 Å². The topological polar surface area (TPSA) is 57.7 Å². The highest BCUT2D eigenvalue weighted by molar-refractivity contribution is 6.30. The third kappa shape index (κ3) is 6.46. The minimum absolute atomic E-state index is 0.0659. The highest BCUT2D eigenvalue weighted by Crippen LogP contribution is 2.41. The number of pyridine rings is 1. The van der Waals surface area contributed by atoms with Crippen LogP contribution in [0.1, 0.15) is 18.4 Å². The number of aromatic nitrogens is 1. The van der Waals surface area contributed by atoms with Crippen LogP contribution in [0.2, 0.25) is 5.02 Å². The lowest BCUT2D eigenvalue weighted by atomic mass is 9.92. The molecule has 0 saturated carbocycles. The molecule has 3 aromatic carbocycles. The Labute approximate surface area is 246 Å². The minimum atomic E-state index is -0.0659. The van der Waals surface area contributed by atoms with E-state index in [1.165, 1.54) is 0 Å². The Hall–Kier alpha value is -3.71. The van der Waals surface area contributed by atoms with Gasteiger partial charge >= 0.3 is 0 Å². The fourth-order valence-corrected chi connectivity index (χ4v) is 5.81. The summed E-state index contributed by atoms with van der Waals surface area (Å²) in [7, 11) is 2.18. The first-order valence-electron chi connectivity index (χ1n) is 14.4. The van der Waals surface area contributed by atoms with Gasteiger partial charge in [0.25, 0.3) is 0 Å². The molecule has 3 heterocycles. The standard InChI is InChI=1S/C34H35ClN4O2/c1-38-15-17-39(18-16-38)14-5-6-19-41-27-12-13-28-32(21-27)36-33(40)23-30-29(24-8-3-2-4-9-24)22-31(37-34(28)30)25-10-7-11-26(35)20-25/h2-4,7-13,20-22H,5-6,14-19,23H2,1H3,(H,36,40). The zero-order valence-corrected chi connectivity index (χ0v) is 24.2. The minimum Gasteiger partial charge on any atom is -0.494 e. The number of amides is 1. The highest BCUT2D eigenvalue weighted by Gasteiger charge is 2.25. The molecule has 0 unspecified atom stereocenters. The Morgan fingerprint density at radius 1 is 0.878 bits per heavy atom. The lowest BCUT2D eigenvalue weighted by molar-refractivity contribution is -0.115. The Balaban J connectivity index is 1.27. The second-order valence-corrected chi connectivity index (χ2v) is 11.3. The SMILES string of the molecule is CN1CCN(CCCCOc2ccc3c(c2)NC(=O)Cc2c(-c4ccccc4)cc(-c4cccc(Cl)c4)nc2-3)CC1. The fraction of sp³-hybridized carbons (Fsp3) is 0.294. The van der Waals surface area contributed by atoms with Crippen molar-refractivity contribution in [2.45, 2.75) is 19.3 Å². The predicted molar refractivity (Wildman–Crippen MR) is 167 cm³/mol. The molecule has 1 amide bonds. The number of piperazine rings is 1. The number of likely N-dealkylation sites (N-methyl/N-ethyl adjacent to an activating group) is 1. The summed E-state index contributed by atoms with van der Waals surface area (Å²) >= 11 is 6.34. The van der Waals surface area contributed by atoms with Crippen LogP contribution in [0.3, 0.4) is 0 Å². The van der Waals surface area contributed by atoms with Crippen molar-refractivity contribution in [3.63, 3.8) is 0 Å². The van der Waals surface area contributed by atoms with Gasteiger partial charge < -0.3 is 19.9 Å². The van der Waals surface area contributed by atoms with E-state index in [1.54, 1.807) is 0 Å². The second kappa shape index (κ2) is 12.4. The lowest BCUT2D eigenvalue weighted by Crippen LogP contribution is -2.44. The molecule has 7 heteroatoms. The first-order valence-corrected chi connectivity index (χ1v) is 14.7. The van der Waals surface area contributed by atoms with Gasteiger partial charge in [0.2, 0.25) is 5.91 Å². The van der Waals surface area contributed by atoms with Gasteiger partial charge in [-0.2, -0.15) is 0 Å². The van der Waals surface area contributed by atoms with Gasteiger partial charge in [0, 0.05) is 48.4 Å². The maximum atomic E-state index is 13.2. The van der Waals surface area contributed by atoms with Gasteiger partial charge in [0.15, 0.2) is 0 Å². The molecule has 1 fully saturated rings. The van der Waals surface area contributed by atoms with Crippen molar-refractivity contribution in [2.75, 3.05) is 51.7 Å². The molecule has 6 nitrogen and oxygen atoms in total. The van der Waals surface area contributed by atoms with Crippen molar-refractivity contribution in [1.29, 1.82) is 0 Å². The predicted octanol–water partition coefficient (Wildman–Crippen LogP) is 6.64. The van der Waals surface area contributed by atoms with Crippen LogP contribution < -0.4 is 10.1 Å². The van der Waals surface area contributed by atoms with E-state index in [2.05, 4.69) is 40.4 Å². The number of nitrogens with one attached hydrogen (secondary N) is 1. The number of unbranched alkanes of at least 4 members (excludes halogenated alkanes) is 1. The number of fused-ring (bicyclic) bond motifs is 3. The molecule has 2 aliphatic heterocycles. The van der Waals surface area contributed by atoms with Crippen molar-refractivity contribution in [3.8, 4) is 39.4 Å². The van der Waals surface area contributed by atoms with Gasteiger partial charge in [-0.15, -0.1) is 0 Å². The molecule has 0 aliphatic carbocycles. The van der Waals surface area contributed by atoms with E-state index in [9.17, 15) is 4.79 Å². The number of benzene rings is 3. The summed E-state index contributed by atoms with van der Waals surface area (Å²) in [4.78, 5) is 23.2. The Kier molecular flexibility index (Phi) is 8.33. The van der Waals surface area contributed by atoms with Gasteiger partial charge in [-0.25, -0.2) is 4.98 Å². The maximum absolute atomic E-state index is 13.2. The maximum Gasteiger partial charge on any atom is 0.228 e. The summed E-state index contributed by atoms with van der Waals surface area (Å²) in [6.07, 6.45) is 2.33. The molecule has 1 saturated heterocycles. The molecule has 2 aliphatic rings. The third-order valence-electron chi connectivity index (χ3n) is 7.92. The van der Waals surface area contributed by atoms with Crippen LogP contribution in [-0.4, -0.2) is 67.1 Å². The van der Waals surface area contributed by atoms with Gasteiger partial charge in [-0.05, 0) is 73.5 Å². The number of carbonyl (C=O) groups excluding carboxylic acids is 1. The molecule has 6 rings (SSSR count). The van der Waals surface area contributed by atoms with Gasteiger partial charge in [-0.1, -0.05) is 54.1 Å². The van der Waals surface area contributed by atoms with E-state index in [-0.39, 0.29) is 12.3 Å². The van der Waals surface area contributed by atoms with E-state index in [1.807, 2.05) is 60.7 Å². The van der Waals surface area contributed by atoms with E-state index in [4.69, 9.17) is 21.3 Å². The van der Waals surface area contributed by atoms with Gasteiger partial charge in [0.05, 0.1) is 30.1 Å². The molecule has 4 aromatic rings. The summed E-state index contributed by atoms with van der Waals surface area (Å²) in [6, 6.07) is 25.9. The molecule has 0 bridgehead atoms. The van der Waals surface area contributed by atoms with Crippen molar-refractivity contribution < 1.29 is 9.53 Å². The number of hydrogen-bond acceptors (Lipinski definition) is 5. The van der Waals surface area contributed by atoms with Crippen molar-refractivity contribution in [1.82, 2.24) is 14.8 Å². The average Bonchev–Trinajstić information content (AvgIpc) is 3.12. The molecular formula is C34H35ClN4O2. The first kappa shape index (κ1) is 27.5. The molecule has 210 valence electrons. The molecule has 41 heavy (non-hydrogen) atoms. The number of nitrogens with zero attached hydrogens (tertiary/aromatic N) is 3. The number of hydrogen-bond donors (Lipinski definition) is 1. The number of anilines is 1. The van der Waals surface area contributed by atoms with Crippen LogP contribution in [-0.2, 0) is 11.2 Å². The van der Waals surface area contributed by atoms with E-state index < -0.39 is 0 Å². The van der Waals surface area contributed by atoms with E-state index >= 15 is 0 Å². The lowest BCUT2D eigenvalue weighted by Gasteiger charge is -2.32. The van der Waals surface area contributed by atoms with Crippen LogP contribution in [0.5, 0.6) is 5.75 Å². The van der Waals surface area contributed by atoms with E-state index in [0.29, 0.717) is 11.6 Å². The van der Waals surface area contributed by atoms with E-state index in [0.717, 1.165) is 96.2 Å². The number of ether oxygens (including phenoxy) is 1. The molecular weight excluding hydrogens is 532 g/mol. The van der Waals surface area contributed by atoms with Gasteiger partial charge in [-0.3, -0.25) is 4.79 Å². The number of halogens is 1. The molecule has 0 radical (unpaired) electrons. The molecule has 0 atom stereocenters. The Morgan fingerprint density at radius 3 is 2.49 bits per heavy atom. The normalized spacial score (nSPS) is 15.5. The smallest absolute Gasteiger partial charge is 0.228 e. The molecule has 0 spiro atoms. The summed E-state index contributed by atoms with van der Waals surface area (Å²) in [6.45, 7) is 6.32. The van der Waals surface area contributed by atoms with Crippen LogP contribution in [0.4, 0.5) is 5.69 Å². The summed E-state index contributed by atoms with van der Waals surface area (Å²) in [5, 5.41) is 3.77. The van der Waals surface area contributed by atoms with Gasteiger partial charge in [0.1, 0.15) is 5.75 Å². The average molecular weight is 567 g/mol. The van der Waals surface area contributed by atoms with Crippen molar-refractivity contribution in [2.24, 2.45) is 0 Å². The second-order valence-electron chi connectivity index (χ2n) is 10.9. The Bertz CT molecular complexity index is 1530. The molecule has 1 N–H and O–H groups in total. The Morgan fingerprint density at radius 2 is 1.68 bits per heavy atom. The molecule has 1 aromatic heterocycles. The summed E-state index contributed by atoms with van der Waals surface area (Å²) in [5.74, 6) is 0.685. The number of rotatable bonds is 8. The highest BCUT2D eigenvalue weighted by atomic mass is 35.5. The van der Waals surface area contributed by atoms with Crippen molar-refractivity contribution >= 4 is 23.2 Å². The zero-order chi connectivity index (χ0) is 28.2. The fourth-order valence-electron chi connectivity index (χ4n) is 5.62.